The van der Waals surface area contributed by atoms with Crippen molar-refractivity contribution in [3.63, 3.8) is 0 Å². The number of methoxy groups -OCH3 is 1. The number of aromatic nitrogens is 2. The van der Waals surface area contributed by atoms with Crippen LogP contribution in [0.25, 0.3) is 15.9 Å². The van der Waals surface area contributed by atoms with E-state index in [9.17, 15) is 14.0 Å². The second-order valence-electron chi connectivity index (χ2n) is 7.73. The van der Waals surface area contributed by atoms with Crippen molar-refractivity contribution in [2.75, 3.05) is 7.11 Å². The summed E-state index contributed by atoms with van der Waals surface area (Å²) in [6.45, 7) is 0.191. The minimum absolute atomic E-state index is 0.191. The number of rotatable bonds is 4. The van der Waals surface area contributed by atoms with E-state index in [4.69, 9.17) is 4.74 Å². The summed E-state index contributed by atoms with van der Waals surface area (Å²) in [6.07, 6.45) is 3.86. The number of nitrogens with zero attached hydrogens (tertiary/aromatic N) is 2. The third kappa shape index (κ3) is 3.39. The van der Waals surface area contributed by atoms with Crippen LogP contribution in [0.5, 0.6) is 5.75 Å². The molecule has 2 heterocycles. The van der Waals surface area contributed by atoms with Gasteiger partial charge in [0, 0.05) is 10.9 Å². The van der Waals surface area contributed by atoms with Gasteiger partial charge in [-0.25, -0.2) is 13.8 Å². The fourth-order valence-electron chi connectivity index (χ4n) is 4.30. The summed E-state index contributed by atoms with van der Waals surface area (Å²) in [5.41, 5.74) is 1.45. The van der Waals surface area contributed by atoms with Gasteiger partial charge in [0.25, 0.3) is 5.56 Å². The Kier molecular flexibility index (Phi) is 4.98. The molecule has 0 amide bonds. The lowest BCUT2D eigenvalue weighted by atomic mass is 9.97. The molecule has 0 N–H and O–H groups in total. The minimum atomic E-state index is -0.436. The Hall–Kier alpha value is -3.19. The van der Waals surface area contributed by atoms with Crippen molar-refractivity contribution < 1.29 is 9.13 Å². The van der Waals surface area contributed by atoms with Crippen molar-refractivity contribution in [2.24, 2.45) is 0 Å². The average molecular weight is 437 g/mol. The van der Waals surface area contributed by atoms with Crippen molar-refractivity contribution in [1.82, 2.24) is 9.13 Å². The van der Waals surface area contributed by atoms with Gasteiger partial charge in [-0.05, 0) is 61.1 Å². The van der Waals surface area contributed by atoms with E-state index in [0.29, 0.717) is 27.2 Å². The number of hydrogen-bond acceptors (Lipinski definition) is 4. The summed E-state index contributed by atoms with van der Waals surface area (Å²) in [7, 11) is 1.54. The first-order chi connectivity index (χ1) is 15.1. The Bertz CT molecular complexity index is 1420. The predicted molar refractivity (Wildman–Crippen MR) is 120 cm³/mol. The minimum Gasteiger partial charge on any atom is -0.497 e. The first kappa shape index (κ1) is 19.8. The van der Waals surface area contributed by atoms with E-state index < -0.39 is 5.69 Å². The standard InChI is InChI=1S/C24H21FN2O3S/c1-30-18-9-5-8-17(13-18)27-22(28)21-19-10-2-3-11-20(19)31-23(21)26(24(27)29)14-15-6-4-7-16(25)12-15/h4-9,12-13H,2-3,10-11,14H2,1H3. The van der Waals surface area contributed by atoms with Crippen LogP contribution in [-0.4, -0.2) is 16.2 Å². The van der Waals surface area contributed by atoms with Gasteiger partial charge in [-0.15, -0.1) is 11.3 Å². The summed E-state index contributed by atoms with van der Waals surface area (Å²) in [4.78, 5) is 29.0. The largest absolute Gasteiger partial charge is 0.497 e. The fourth-order valence-corrected chi connectivity index (χ4v) is 5.68. The lowest BCUT2D eigenvalue weighted by Gasteiger charge is -2.14. The number of aryl methyl sites for hydroxylation is 2. The number of hydrogen-bond donors (Lipinski definition) is 0. The summed E-state index contributed by atoms with van der Waals surface area (Å²) >= 11 is 1.52. The molecule has 5 nitrogen and oxygen atoms in total. The molecule has 0 spiro atoms. The second kappa shape index (κ2) is 7.81. The molecule has 4 aromatic rings. The molecule has 2 aromatic heterocycles. The lowest BCUT2D eigenvalue weighted by Crippen LogP contribution is -2.39. The highest BCUT2D eigenvalue weighted by atomic mass is 32.1. The van der Waals surface area contributed by atoms with Crippen LogP contribution in [0.2, 0.25) is 0 Å². The third-order valence-corrected chi connectivity index (χ3v) is 7.09. The molecule has 31 heavy (non-hydrogen) atoms. The Morgan fingerprint density at radius 2 is 1.87 bits per heavy atom. The number of halogens is 1. The highest BCUT2D eigenvalue weighted by Gasteiger charge is 2.24. The lowest BCUT2D eigenvalue weighted by molar-refractivity contribution is 0.414. The molecule has 2 aromatic carbocycles. The van der Waals surface area contributed by atoms with Crippen LogP contribution in [0.4, 0.5) is 4.39 Å². The Balaban J connectivity index is 1.83. The van der Waals surface area contributed by atoms with Gasteiger partial charge in [-0.2, -0.15) is 0 Å². The van der Waals surface area contributed by atoms with Gasteiger partial charge in [0.1, 0.15) is 16.4 Å². The maximum atomic E-state index is 13.8. The van der Waals surface area contributed by atoms with Crippen LogP contribution in [0.15, 0.2) is 58.1 Å². The molecule has 0 saturated carbocycles. The average Bonchev–Trinajstić information content (AvgIpc) is 3.17. The predicted octanol–water partition coefficient (Wildman–Crippen LogP) is 4.29. The van der Waals surface area contributed by atoms with Crippen molar-refractivity contribution in [2.45, 2.75) is 32.2 Å². The topological polar surface area (TPSA) is 53.2 Å². The second-order valence-corrected chi connectivity index (χ2v) is 8.82. The van der Waals surface area contributed by atoms with E-state index in [0.717, 1.165) is 31.2 Å². The quantitative estimate of drug-likeness (QED) is 0.480. The smallest absolute Gasteiger partial charge is 0.337 e. The zero-order valence-corrected chi connectivity index (χ0v) is 17.9. The first-order valence-electron chi connectivity index (χ1n) is 10.3. The molecule has 0 unspecified atom stereocenters. The van der Waals surface area contributed by atoms with E-state index in [1.54, 1.807) is 48.1 Å². The van der Waals surface area contributed by atoms with Gasteiger partial charge in [0.2, 0.25) is 0 Å². The van der Waals surface area contributed by atoms with Crippen molar-refractivity contribution in [1.29, 1.82) is 0 Å². The fraction of sp³-hybridized carbons (Fsp3) is 0.250. The molecule has 0 fully saturated rings. The van der Waals surface area contributed by atoms with Crippen molar-refractivity contribution >= 4 is 21.6 Å². The van der Waals surface area contributed by atoms with E-state index in [1.165, 1.54) is 32.9 Å². The molecule has 0 atom stereocenters. The van der Waals surface area contributed by atoms with Crippen LogP contribution < -0.4 is 16.0 Å². The van der Waals surface area contributed by atoms with Crippen molar-refractivity contribution in [3.05, 3.63) is 91.2 Å². The van der Waals surface area contributed by atoms with Gasteiger partial charge in [-0.1, -0.05) is 18.2 Å². The molecule has 7 heteroatoms. The molecule has 158 valence electrons. The molecular weight excluding hydrogens is 415 g/mol. The SMILES string of the molecule is COc1cccc(-n2c(=O)c3c4c(sc3n(Cc3cccc(F)c3)c2=O)CCCC4)c1. The van der Waals surface area contributed by atoms with Gasteiger partial charge < -0.3 is 4.74 Å². The van der Waals surface area contributed by atoms with Gasteiger partial charge in [-0.3, -0.25) is 9.36 Å². The number of thiophene rings is 1. The van der Waals surface area contributed by atoms with Crippen LogP contribution in [0.1, 0.15) is 28.8 Å². The molecule has 5 rings (SSSR count). The van der Waals surface area contributed by atoms with E-state index >= 15 is 0 Å². The van der Waals surface area contributed by atoms with E-state index in [1.807, 2.05) is 0 Å². The van der Waals surface area contributed by atoms with Crippen LogP contribution in [0.3, 0.4) is 0 Å². The molecule has 0 radical (unpaired) electrons. The van der Waals surface area contributed by atoms with E-state index in [-0.39, 0.29) is 17.9 Å². The maximum Gasteiger partial charge on any atom is 0.337 e. The third-order valence-electron chi connectivity index (χ3n) is 5.78. The van der Waals surface area contributed by atoms with Crippen LogP contribution >= 0.6 is 11.3 Å². The zero-order chi connectivity index (χ0) is 21.5. The molecule has 0 aliphatic heterocycles. The normalized spacial score (nSPS) is 13.4. The number of fused-ring (bicyclic) bond motifs is 3. The summed E-state index contributed by atoms with van der Waals surface area (Å²) in [6, 6.07) is 13.1. The highest BCUT2D eigenvalue weighted by Crippen LogP contribution is 2.34. The summed E-state index contributed by atoms with van der Waals surface area (Å²) < 4.78 is 21.9. The summed E-state index contributed by atoms with van der Waals surface area (Å²) in [5.74, 6) is 0.210. The maximum absolute atomic E-state index is 13.8. The highest BCUT2D eigenvalue weighted by molar-refractivity contribution is 7.18. The summed E-state index contributed by atoms with van der Waals surface area (Å²) in [5, 5.41) is 0.610. The van der Waals surface area contributed by atoms with Crippen LogP contribution in [-0.2, 0) is 19.4 Å². The van der Waals surface area contributed by atoms with Gasteiger partial charge in [0.15, 0.2) is 0 Å². The Morgan fingerprint density at radius 1 is 1.06 bits per heavy atom. The zero-order valence-electron chi connectivity index (χ0n) is 17.1. The molecular formula is C24H21FN2O3S. The molecule has 0 saturated heterocycles. The molecule has 0 bridgehead atoms. The Morgan fingerprint density at radius 3 is 2.68 bits per heavy atom. The monoisotopic (exact) mass is 436 g/mol. The van der Waals surface area contributed by atoms with Gasteiger partial charge >= 0.3 is 5.69 Å². The van der Waals surface area contributed by atoms with E-state index in [2.05, 4.69) is 0 Å². The Labute approximate surface area is 182 Å². The van der Waals surface area contributed by atoms with Gasteiger partial charge in [0.05, 0.1) is 24.7 Å². The molecule has 1 aliphatic rings. The first-order valence-corrected chi connectivity index (χ1v) is 11.1. The molecule has 1 aliphatic carbocycles. The number of ether oxygens (including phenoxy) is 1. The number of benzene rings is 2. The van der Waals surface area contributed by atoms with Crippen molar-refractivity contribution in [3.8, 4) is 11.4 Å². The van der Waals surface area contributed by atoms with Crippen LogP contribution in [0, 0.1) is 5.82 Å².